The summed E-state index contributed by atoms with van der Waals surface area (Å²) >= 11 is 0. The molecule has 1 fully saturated rings. The van der Waals surface area contributed by atoms with Crippen molar-refractivity contribution in [1.82, 2.24) is 24.6 Å². The quantitative estimate of drug-likeness (QED) is 0.685. The molecule has 1 atom stereocenters. The van der Waals surface area contributed by atoms with Gasteiger partial charge in [0.25, 0.3) is 0 Å². The molecular weight excluding hydrogens is 318 g/mol. The van der Waals surface area contributed by atoms with Crippen LogP contribution >= 0.6 is 0 Å². The zero-order valence-corrected chi connectivity index (χ0v) is 15.0. The topological polar surface area (TPSA) is 102 Å². The van der Waals surface area contributed by atoms with Gasteiger partial charge in [0.1, 0.15) is 24.7 Å². The maximum absolute atomic E-state index is 12.3. The lowest BCUT2D eigenvalue weighted by molar-refractivity contribution is -0.130. The van der Waals surface area contributed by atoms with E-state index in [4.69, 9.17) is 10.5 Å². The number of aryl methyl sites for hydroxylation is 2. The van der Waals surface area contributed by atoms with Gasteiger partial charge in [0.05, 0.1) is 18.7 Å². The first kappa shape index (κ1) is 18.9. The first-order valence-electron chi connectivity index (χ1n) is 8.69. The molecule has 2 rings (SSSR count). The van der Waals surface area contributed by atoms with Gasteiger partial charge in [-0.05, 0) is 33.2 Å². The lowest BCUT2D eigenvalue weighted by atomic mass is 10.0. The van der Waals surface area contributed by atoms with Gasteiger partial charge in [-0.3, -0.25) is 9.69 Å². The van der Waals surface area contributed by atoms with Crippen molar-refractivity contribution in [3.63, 3.8) is 0 Å². The second-order valence-electron chi connectivity index (χ2n) is 6.39. The fourth-order valence-electron chi connectivity index (χ4n) is 3.30. The van der Waals surface area contributed by atoms with Crippen LogP contribution in [0.4, 0.5) is 0 Å². The van der Waals surface area contributed by atoms with Gasteiger partial charge in [0.2, 0.25) is 5.91 Å². The van der Waals surface area contributed by atoms with Crippen molar-refractivity contribution >= 4 is 5.91 Å². The number of hydrogen-bond acceptors (Lipinski definition) is 6. The smallest absolute Gasteiger partial charge is 0.225 e. The van der Waals surface area contributed by atoms with Crippen LogP contribution in [0, 0.1) is 36.5 Å². The zero-order chi connectivity index (χ0) is 18.2. The Labute approximate surface area is 148 Å². The maximum Gasteiger partial charge on any atom is 0.225 e. The monoisotopic (exact) mass is 343 g/mol. The molecule has 0 spiro atoms. The van der Waals surface area contributed by atoms with Crippen LogP contribution in [-0.2, 0) is 11.3 Å². The number of likely N-dealkylation sites (tertiary alicyclic amines) is 1. The summed E-state index contributed by atoms with van der Waals surface area (Å²) < 4.78 is 1.94. The minimum absolute atomic E-state index is 0.0345. The van der Waals surface area contributed by atoms with E-state index in [0.717, 1.165) is 37.6 Å². The molecule has 1 aromatic heterocycles. The Bertz CT molecular complexity index is 654. The third-order valence-electron chi connectivity index (χ3n) is 4.58. The van der Waals surface area contributed by atoms with Crippen molar-refractivity contribution in [1.29, 1.82) is 10.5 Å². The second-order valence-corrected chi connectivity index (χ2v) is 6.39. The Kier molecular flexibility index (Phi) is 6.91. The number of nitrogens with zero attached hydrogens (tertiary/aromatic N) is 7. The zero-order valence-electron chi connectivity index (χ0n) is 15.0. The summed E-state index contributed by atoms with van der Waals surface area (Å²) in [6, 6.07) is 4.22. The summed E-state index contributed by atoms with van der Waals surface area (Å²) in [5.74, 6) is 1.55. The number of piperidine rings is 1. The van der Waals surface area contributed by atoms with Gasteiger partial charge in [0.15, 0.2) is 0 Å². The van der Waals surface area contributed by atoms with Crippen molar-refractivity contribution in [3.8, 4) is 12.1 Å². The second kappa shape index (κ2) is 9.14. The lowest BCUT2D eigenvalue weighted by Crippen LogP contribution is -2.44. The first-order chi connectivity index (χ1) is 12.0. The van der Waals surface area contributed by atoms with E-state index in [1.165, 1.54) is 11.3 Å². The summed E-state index contributed by atoms with van der Waals surface area (Å²) in [5, 5.41) is 22.0. The van der Waals surface area contributed by atoms with E-state index >= 15 is 0 Å². The third kappa shape index (κ3) is 5.27. The fourth-order valence-corrected chi connectivity index (χ4v) is 3.30. The molecule has 0 saturated carbocycles. The van der Waals surface area contributed by atoms with Crippen molar-refractivity contribution in [2.24, 2.45) is 0 Å². The van der Waals surface area contributed by atoms with E-state index in [2.05, 4.69) is 15.0 Å². The van der Waals surface area contributed by atoms with Crippen LogP contribution in [0.15, 0.2) is 0 Å². The molecule has 1 aliphatic rings. The Morgan fingerprint density at radius 2 is 2.00 bits per heavy atom. The van der Waals surface area contributed by atoms with Crippen LogP contribution in [0.5, 0.6) is 0 Å². The van der Waals surface area contributed by atoms with Gasteiger partial charge in [0, 0.05) is 19.0 Å². The summed E-state index contributed by atoms with van der Waals surface area (Å²) in [6.07, 6.45) is 3.71. The van der Waals surface area contributed by atoms with Crippen molar-refractivity contribution in [2.75, 3.05) is 26.2 Å². The summed E-state index contributed by atoms with van der Waals surface area (Å²) in [7, 11) is 0. The van der Waals surface area contributed by atoms with Crippen LogP contribution < -0.4 is 0 Å². The van der Waals surface area contributed by atoms with E-state index in [9.17, 15) is 4.79 Å². The average Bonchev–Trinajstić information content (AvgIpc) is 2.91. The molecule has 0 radical (unpaired) electrons. The largest absolute Gasteiger partial charge is 0.316 e. The minimum Gasteiger partial charge on any atom is -0.316 e. The van der Waals surface area contributed by atoms with Gasteiger partial charge < -0.3 is 4.90 Å². The molecule has 134 valence electrons. The molecule has 8 heteroatoms. The molecular formula is C17H25N7O. The summed E-state index contributed by atoms with van der Waals surface area (Å²) in [6.45, 7) is 6.16. The summed E-state index contributed by atoms with van der Waals surface area (Å²) in [5.41, 5.74) is 0. The number of hydrogen-bond donors (Lipinski definition) is 0. The van der Waals surface area contributed by atoms with Crippen molar-refractivity contribution < 1.29 is 4.79 Å². The lowest BCUT2D eigenvalue weighted by Gasteiger charge is -2.35. The SMILES string of the molecule is Cc1nc(C)n(CC2CCCCN2CCC(=O)N(CC#N)CC#N)n1. The van der Waals surface area contributed by atoms with Crippen LogP contribution in [0.1, 0.15) is 37.3 Å². The molecule has 1 saturated heterocycles. The maximum atomic E-state index is 12.3. The molecule has 0 N–H and O–H groups in total. The van der Waals surface area contributed by atoms with E-state index < -0.39 is 0 Å². The number of rotatable bonds is 7. The Morgan fingerprint density at radius 3 is 2.60 bits per heavy atom. The molecule has 1 unspecified atom stereocenters. The standard InChI is InChI=1S/C17H25N7O/c1-14-20-15(2)24(21-14)13-16-5-3-4-9-22(16)10-6-17(25)23(11-7-18)12-8-19/h16H,3-6,9-13H2,1-2H3. The first-order valence-corrected chi connectivity index (χ1v) is 8.69. The Morgan fingerprint density at radius 1 is 1.28 bits per heavy atom. The van der Waals surface area contributed by atoms with E-state index in [0.29, 0.717) is 19.0 Å². The molecule has 2 heterocycles. The van der Waals surface area contributed by atoms with Gasteiger partial charge in [-0.1, -0.05) is 6.42 Å². The number of amides is 1. The predicted molar refractivity (Wildman–Crippen MR) is 91.1 cm³/mol. The van der Waals surface area contributed by atoms with Gasteiger partial charge in [-0.25, -0.2) is 9.67 Å². The molecule has 0 aromatic carbocycles. The van der Waals surface area contributed by atoms with Gasteiger partial charge in [-0.2, -0.15) is 15.6 Å². The summed E-state index contributed by atoms with van der Waals surface area (Å²) in [4.78, 5) is 20.2. The highest BCUT2D eigenvalue weighted by Crippen LogP contribution is 2.19. The molecule has 1 aliphatic heterocycles. The highest BCUT2D eigenvalue weighted by molar-refractivity contribution is 5.76. The fraction of sp³-hybridized carbons (Fsp3) is 0.706. The van der Waals surface area contributed by atoms with Crippen molar-refractivity contribution in [3.05, 3.63) is 11.6 Å². The molecule has 0 bridgehead atoms. The third-order valence-corrected chi connectivity index (χ3v) is 4.58. The van der Waals surface area contributed by atoms with Crippen molar-refractivity contribution in [2.45, 2.75) is 52.1 Å². The predicted octanol–water partition coefficient (Wildman–Crippen LogP) is 1.02. The molecule has 25 heavy (non-hydrogen) atoms. The normalized spacial score (nSPS) is 17.7. The average molecular weight is 343 g/mol. The van der Waals surface area contributed by atoms with Crippen LogP contribution in [0.3, 0.4) is 0 Å². The van der Waals surface area contributed by atoms with E-state index in [1.54, 1.807) is 0 Å². The molecule has 0 aliphatic carbocycles. The number of aromatic nitrogens is 3. The highest BCUT2D eigenvalue weighted by Gasteiger charge is 2.25. The number of nitriles is 2. The van der Waals surface area contributed by atoms with E-state index in [1.807, 2.05) is 30.7 Å². The van der Waals surface area contributed by atoms with E-state index in [-0.39, 0.29) is 19.0 Å². The minimum atomic E-state index is -0.139. The number of carbonyl (C=O) groups excluding carboxylic acids is 1. The highest BCUT2D eigenvalue weighted by atomic mass is 16.2. The Hall–Kier alpha value is -2.45. The Balaban J connectivity index is 1.94. The molecule has 8 nitrogen and oxygen atoms in total. The number of carbonyl (C=O) groups is 1. The molecule has 1 aromatic rings. The van der Waals surface area contributed by atoms with Gasteiger partial charge in [-0.15, -0.1) is 0 Å². The van der Waals surface area contributed by atoms with Crippen LogP contribution in [0.25, 0.3) is 0 Å². The van der Waals surface area contributed by atoms with Crippen LogP contribution in [-0.4, -0.2) is 62.7 Å². The van der Waals surface area contributed by atoms with Gasteiger partial charge >= 0.3 is 0 Å². The molecule has 1 amide bonds. The van der Waals surface area contributed by atoms with Crippen LogP contribution in [0.2, 0.25) is 0 Å².